The quantitative estimate of drug-likeness (QED) is 0.777. The molecular weight excluding hydrogens is 300 g/mol. The number of fused-ring (bicyclic) bond motifs is 5. The first-order chi connectivity index (χ1) is 11.5. The predicted molar refractivity (Wildman–Crippen MR) is 94.5 cm³/mol. The molecule has 0 aromatic carbocycles. The highest BCUT2D eigenvalue weighted by molar-refractivity contribution is 5.08. The van der Waals surface area contributed by atoms with Gasteiger partial charge in [0.05, 0.1) is 12.2 Å². The molecule has 4 fully saturated rings. The summed E-state index contributed by atoms with van der Waals surface area (Å²) >= 11 is 0. The molecule has 4 saturated carbocycles. The Morgan fingerprint density at radius 3 is 2.62 bits per heavy atom. The molecule has 3 heteroatoms. The number of aliphatic hydroxyl groups is 1. The van der Waals surface area contributed by atoms with Gasteiger partial charge in [-0.25, -0.2) is 0 Å². The lowest BCUT2D eigenvalue weighted by Gasteiger charge is -2.60. The van der Waals surface area contributed by atoms with Gasteiger partial charge in [0.1, 0.15) is 6.79 Å². The van der Waals surface area contributed by atoms with Gasteiger partial charge >= 0.3 is 0 Å². The van der Waals surface area contributed by atoms with Crippen LogP contribution in [-0.4, -0.2) is 31.2 Å². The van der Waals surface area contributed by atoms with E-state index in [2.05, 4.69) is 13.8 Å². The Morgan fingerprint density at radius 2 is 1.83 bits per heavy atom. The van der Waals surface area contributed by atoms with Gasteiger partial charge in [0, 0.05) is 7.11 Å². The Bertz CT molecular complexity index is 466. The molecule has 0 heterocycles. The average molecular weight is 337 g/mol. The van der Waals surface area contributed by atoms with Gasteiger partial charge in [0.25, 0.3) is 0 Å². The van der Waals surface area contributed by atoms with Crippen molar-refractivity contribution in [3.63, 3.8) is 0 Å². The first-order valence-electron chi connectivity index (χ1n) is 10.2. The summed E-state index contributed by atoms with van der Waals surface area (Å²) in [6.07, 6.45) is 11.7. The largest absolute Gasteiger partial charge is 0.393 e. The minimum atomic E-state index is -0.0394. The minimum absolute atomic E-state index is 0.0394. The molecule has 0 aromatic heterocycles. The molecule has 0 saturated heterocycles. The Hall–Kier alpha value is -0.120. The summed E-state index contributed by atoms with van der Waals surface area (Å²) in [7, 11) is 1.72. The van der Waals surface area contributed by atoms with Crippen molar-refractivity contribution in [3.8, 4) is 0 Å². The minimum Gasteiger partial charge on any atom is -0.393 e. The van der Waals surface area contributed by atoms with E-state index in [1.54, 1.807) is 7.11 Å². The lowest BCUT2D eigenvalue weighted by Crippen LogP contribution is -2.53. The lowest BCUT2D eigenvalue weighted by molar-refractivity contribution is -0.149. The van der Waals surface area contributed by atoms with Gasteiger partial charge in [-0.05, 0) is 92.3 Å². The van der Waals surface area contributed by atoms with Gasteiger partial charge in [-0.2, -0.15) is 0 Å². The fourth-order valence-corrected chi connectivity index (χ4v) is 7.56. The van der Waals surface area contributed by atoms with E-state index < -0.39 is 0 Å². The predicted octanol–water partition coefficient (Wildman–Crippen LogP) is 4.38. The van der Waals surface area contributed by atoms with Crippen LogP contribution < -0.4 is 0 Å². The second kappa shape index (κ2) is 6.25. The first kappa shape index (κ1) is 17.3. The summed E-state index contributed by atoms with van der Waals surface area (Å²) in [5.74, 6) is 3.33. The molecule has 0 unspecified atom stereocenters. The van der Waals surface area contributed by atoms with E-state index in [0.29, 0.717) is 23.7 Å². The SMILES string of the molecule is COCO[C@@H]1CC[C@@]2(C)[C@H](CC[C@H]3[C@@H]4C[C@@H](O)C[C@@]4(C)CC[C@@H]32)C1. The second-order valence-corrected chi connectivity index (χ2v) is 9.91. The summed E-state index contributed by atoms with van der Waals surface area (Å²) in [6.45, 7) is 5.50. The van der Waals surface area contributed by atoms with Crippen molar-refractivity contribution < 1.29 is 14.6 Å². The Morgan fingerprint density at radius 1 is 1.00 bits per heavy atom. The van der Waals surface area contributed by atoms with E-state index >= 15 is 0 Å². The van der Waals surface area contributed by atoms with Crippen LogP contribution in [0.15, 0.2) is 0 Å². The Labute approximate surface area is 147 Å². The summed E-state index contributed by atoms with van der Waals surface area (Å²) in [5.41, 5.74) is 0.924. The molecule has 0 amide bonds. The van der Waals surface area contributed by atoms with Crippen molar-refractivity contribution in [1.82, 2.24) is 0 Å². The fraction of sp³-hybridized carbons (Fsp3) is 1.00. The van der Waals surface area contributed by atoms with Crippen molar-refractivity contribution in [3.05, 3.63) is 0 Å². The van der Waals surface area contributed by atoms with Crippen molar-refractivity contribution in [2.24, 2.45) is 34.5 Å². The van der Waals surface area contributed by atoms with Crippen molar-refractivity contribution in [1.29, 1.82) is 0 Å². The monoisotopic (exact) mass is 336 g/mol. The second-order valence-electron chi connectivity index (χ2n) is 9.91. The molecule has 0 aromatic rings. The highest BCUT2D eigenvalue weighted by atomic mass is 16.7. The molecule has 4 aliphatic carbocycles. The third kappa shape index (κ3) is 2.66. The molecule has 0 radical (unpaired) electrons. The zero-order valence-corrected chi connectivity index (χ0v) is 15.8. The molecular formula is C21H36O3. The normalized spacial score (nSPS) is 54.0. The van der Waals surface area contributed by atoms with Crippen molar-refractivity contribution in [2.75, 3.05) is 13.9 Å². The molecule has 4 aliphatic rings. The smallest absolute Gasteiger partial charge is 0.146 e. The molecule has 4 rings (SSSR count). The summed E-state index contributed by atoms with van der Waals surface area (Å²) < 4.78 is 11.0. The number of rotatable bonds is 3. The van der Waals surface area contributed by atoms with Crippen LogP contribution in [0.2, 0.25) is 0 Å². The highest BCUT2D eigenvalue weighted by Gasteiger charge is 2.59. The number of ether oxygens (including phenoxy) is 2. The van der Waals surface area contributed by atoms with Gasteiger partial charge in [-0.15, -0.1) is 0 Å². The Kier molecular flexibility index (Phi) is 4.50. The topological polar surface area (TPSA) is 38.7 Å². The van der Waals surface area contributed by atoms with Crippen LogP contribution >= 0.6 is 0 Å². The van der Waals surface area contributed by atoms with E-state index in [-0.39, 0.29) is 6.10 Å². The molecule has 1 N–H and O–H groups in total. The van der Waals surface area contributed by atoms with E-state index in [0.717, 1.165) is 36.5 Å². The molecule has 0 aliphatic heterocycles. The maximum Gasteiger partial charge on any atom is 0.146 e. The van der Waals surface area contributed by atoms with Gasteiger partial charge < -0.3 is 14.6 Å². The zero-order valence-electron chi connectivity index (χ0n) is 15.8. The summed E-state index contributed by atoms with van der Waals surface area (Å²) in [5, 5.41) is 10.3. The van der Waals surface area contributed by atoms with Gasteiger partial charge in [-0.3, -0.25) is 0 Å². The molecule has 0 bridgehead atoms. The van der Waals surface area contributed by atoms with E-state index in [1.807, 2.05) is 0 Å². The van der Waals surface area contributed by atoms with E-state index in [9.17, 15) is 5.11 Å². The summed E-state index contributed by atoms with van der Waals surface area (Å²) in [6, 6.07) is 0. The average Bonchev–Trinajstić information content (AvgIpc) is 2.87. The number of methoxy groups -OCH3 is 1. The number of hydrogen-bond acceptors (Lipinski definition) is 3. The van der Waals surface area contributed by atoms with Crippen LogP contribution in [0.5, 0.6) is 0 Å². The highest BCUT2D eigenvalue weighted by Crippen LogP contribution is 2.66. The van der Waals surface area contributed by atoms with Gasteiger partial charge in [-0.1, -0.05) is 13.8 Å². The first-order valence-corrected chi connectivity index (χ1v) is 10.2. The van der Waals surface area contributed by atoms with Crippen LogP contribution in [0.3, 0.4) is 0 Å². The molecule has 8 atom stereocenters. The molecule has 138 valence electrons. The van der Waals surface area contributed by atoms with Crippen LogP contribution in [-0.2, 0) is 9.47 Å². The summed E-state index contributed by atoms with van der Waals surface area (Å²) in [4.78, 5) is 0. The third-order valence-electron chi connectivity index (χ3n) is 8.79. The molecule has 3 nitrogen and oxygen atoms in total. The van der Waals surface area contributed by atoms with Crippen LogP contribution in [0.4, 0.5) is 0 Å². The van der Waals surface area contributed by atoms with Crippen molar-refractivity contribution in [2.45, 2.75) is 83.8 Å². The third-order valence-corrected chi connectivity index (χ3v) is 8.79. The van der Waals surface area contributed by atoms with Crippen LogP contribution in [0, 0.1) is 34.5 Å². The van der Waals surface area contributed by atoms with Gasteiger partial charge in [0.2, 0.25) is 0 Å². The molecule has 24 heavy (non-hydrogen) atoms. The fourth-order valence-electron chi connectivity index (χ4n) is 7.56. The maximum atomic E-state index is 10.3. The lowest BCUT2D eigenvalue weighted by atomic mass is 9.45. The standard InChI is InChI=1S/C21H36O3/c1-20-8-7-18-17(19(20)11-15(22)12-20)5-4-14-10-16(24-13-23-3)6-9-21(14,18)2/h14-19,22H,4-13H2,1-3H3/t14-,15-,16-,17-,18+,19+,20-,21+/m1/s1. The van der Waals surface area contributed by atoms with E-state index in [4.69, 9.17) is 9.47 Å². The molecule has 0 spiro atoms. The van der Waals surface area contributed by atoms with Crippen molar-refractivity contribution >= 4 is 0 Å². The number of hydrogen-bond donors (Lipinski definition) is 1. The number of aliphatic hydroxyl groups excluding tert-OH is 1. The van der Waals surface area contributed by atoms with Crippen LogP contribution in [0.1, 0.15) is 71.6 Å². The maximum absolute atomic E-state index is 10.3. The van der Waals surface area contributed by atoms with Gasteiger partial charge in [0.15, 0.2) is 0 Å². The Balaban J connectivity index is 1.50. The zero-order chi connectivity index (χ0) is 16.9. The van der Waals surface area contributed by atoms with Crippen LogP contribution in [0.25, 0.3) is 0 Å². The van der Waals surface area contributed by atoms with E-state index in [1.165, 1.54) is 44.9 Å².